The van der Waals surface area contributed by atoms with Crippen LogP contribution in [-0.4, -0.2) is 22.1 Å². The van der Waals surface area contributed by atoms with Crippen LogP contribution in [0, 0.1) is 20.2 Å². The number of hydrogen-bond donors (Lipinski definition) is 1. The third-order valence-electron chi connectivity index (χ3n) is 7.40. The lowest BCUT2D eigenvalue weighted by Gasteiger charge is -2.10. The van der Waals surface area contributed by atoms with Crippen LogP contribution in [0.4, 0.5) is 11.4 Å². The Morgan fingerprint density at radius 3 is 1.02 bits per heavy atom. The molecule has 0 bridgehead atoms. The molecule has 7 heteroatoms. The van der Waals surface area contributed by atoms with Gasteiger partial charge < -0.3 is 5.11 Å². The smallest absolute Gasteiger partial charge is 0.277 e. The summed E-state index contributed by atoms with van der Waals surface area (Å²) in [6.07, 6.45) is 0. The van der Waals surface area contributed by atoms with Crippen molar-refractivity contribution in [1.29, 1.82) is 0 Å². The van der Waals surface area contributed by atoms with Gasteiger partial charge in [-0.3, -0.25) is 20.2 Å². The van der Waals surface area contributed by atoms with Crippen LogP contribution in [0.3, 0.4) is 0 Å². The van der Waals surface area contributed by atoms with E-state index >= 15 is 0 Å². The molecule has 0 amide bonds. The van der Waals surface area contributed by atoms with Gasteiger partial charge in [0.2, 0.25) is 0 Å². The average Bonchev–Trinajstić information content (AvgIpc) is 2.99. The quantitative estimate of drug-likeness (QED) is 0.138. The van der Waals surface area contributed by atoms with Crippen molar-refractivity contribution in [2.75, 3.05) is 7.11 Å². The molecule has 0 aliphatic rings. The second-order valence-corrected chi connectivity index (χ2v) is 9.40. The molecule has 0 aliphatic heterocycles. The summed E-state index contributed by atoms with van der Waals surface area (Å²) in [4.78, 5) is 21.7. The lowest BCUT2D eigenvalue weighted by molar-refractivity contribution is -0.383. The van der Waals surface area contributed by atoms with Gasteiger partial charge in [0.25, 0.3) is 11.4 Å². The number of aliphatic hydroxyl groups is 1. The highest BCUT2D eigenvalue weighted by Gasteiger charge is 2.17. The first-order valence-corrected chi connectivity index (χ1v) is 12.6. The van der Waals surface area contributed by atoms with Crippen molar-refractivity contribution in [1.82, 2.24) is 0 Å². The Morgan fingerprint density at radius 2 is 0.700 bits per heavy atom. The fraction of sp³-hybridized carbons (Fsp3) is 0.0303. The van der Waals surface area contributed by atoms with Crippen LogP contribution in [0.25, 0.3) is 64.6 Å². The Labute approximate surface area is 227 Å². The first kappa shape index (κ1) is 24.9. The minimum absolute atomic E-state index is 0.172. The zero-order valence-electron chi connectivity index (χ0n) is 21.4. The van der Waals surface area contributed by atoms with Crippen LogP contribution in [-0.2, 0) is 0 Å². The van der Waals surface area contributed by atoms with Gasteiger partial charge in [-0.25, -0.2) is 0 Å². The average molecular weight is 527 g/mol. The molecule has 7 nitrogen and oxygen atoms in total. The molecule has 8 rings (SSSR count). The van der Waals surface area contributed by atoms with E-state index in [0.717, 1.165) is 61.0 Å². The lowest BCUT2D eigenvalue weighted by Crippen LogP contribution is -1.91. The summed E-state index contributed by atoms with van der Waals surface area (Å²) in [6.45, 7) is 0. The summed E-state index contributed by atoms with van der Waals surface area (Å²) >= 11 is 0. The SMILES string of the molecule is CO.O=[N+]([O-])c1ccc2ccc3cccc4ccc1c2c34.O=[N+]([O-])c1ccc2ccc3cccc4ccc1c2c34. The summed E-state index contributed by atoms with van der Waals surface area (Å²) < 4.78 is 0. The van der Waals surface area contributed by atoms with E-state index in [-0.39, 0.29) is 21.2 Å². The van der Waals surface area contributed by atoms with E-state index in [9.17, 15) is 20.2 Å². The zero-order valence-corrected chi connectivity index (χ0v) is 21.4. The molecule has 0 spiro atoms. The molecule has 0 aliphatic carbocycles. The molecule has 0 saturated heterocycles. The second kappa shape index (κ2) is 9.72. The molecule has 0 heterocycles. The Morgan fingerprint density at radius 1 is 0.425 bits per heavy atom. The number of hydrogen-bond acceptors (Lipinski definition) is 5. The topological polar surface area (TPSA) is 107 Å². The van der Waals surface area contributed by atoms with E-state index in [1.807, 2.05) is 84.9 Å². The summed E-state index contributed by atoms with van der Waals surface area (Å²) in [6, 6.07) is 34.8. The van der Waals surface area contributed by atoms with Gasteiger partial charge in [-0.05, 0) is 67.4 Å². The molecule has 0 unspecified atom stereocenters. The van der Waals surface area contributed by atoms with E-state index in [0.29, 0.717) is 10.8 Å². The minimum atomic E-state index is -0.314. The first-order valence-electron chi connectivity index (χ1n) is 12.6. The number of nitro groups is 2. The normalized spacial score (nSPS) is 11.2. The number of rotatable bonds is 2. The predicted molar refractivity (Wildman–Crippen MR) is 162 cm³/mol. The van der Waals surface area contributed by atoms with E-state index in [4.69, 9.17) is 5.11 Å². The van der Waals surface area contributed by atoms with Gasteiger partial charge in [0, 0.05) is 30.0 Å². The summed E-state index contributed by atoms with van der Waals surface area (Å²) in [5.74, 6) is 0. The van der Waals surface area contributed by atoms with E-state index in [2.05, 4.69) is 12.1 Å². The molecule has 0 saturated carbocycles. The van der Waals surface area contributed by atoms with Crippen LogP contribution in [0.5, 0.6) is 0 Å². The van der Waals surface area contributed by atoms with Crippen molar-refractivity contribution in [3.05, 3.63) is 129 Å². The molecule has 0 aromatic heterocycles. The number of benzene rings is 8. The lowest BCUT2D eigenvalue weighted by atomic mass is 9.94. The summed E-state index contributed by atoms with van der Waals surface area (Å²) in [5.41, 5.74) is 0.344. The molecule has 0 atom stereocenters. The maximum Gasteiger partial charge on any atom is 0.277 e. The monoisotopic (exact) mass is 526 g/mol. The largest absolute Gasteiger partial charge is 0.400 e. The molecule has 1 N–H and O–H groups in total. The molecular weight excluding hydrogens is 504 g/mol. The fourth-order valence-corrected chi connectivity index (χ4v) is 5.76. The third kappa shape index (κ3) is 3.80. The highest BCUT2D eigenvalue weighted by atomic mass is 16.6. The highest BCUT2D eigenvalue weighted by Crippen LogP contribution is 2.39. The summed E-state index contributed by atoms with van der Waals surface area (Å²) in [5, 5.41) is 41.5. The number of non-ortho nitro benzene ring substituents is 2. The second-order valence-electron chi connectivity index (χ2n) is 9.40. The number of nitrogens with zero attached hydrogens (tertiary/aromatic N) is 2. The zero-order chi connectivity index (χ0) is 28.0. The molecule has 194 valence electrons. The standard InChI is InChI=1S/2C16H9NO2.CH4O/c2*18-17(19)14-9-7-12-5-4-10-2-1-3-11-6-8-13(14)16(12)15(10)11;1-2/h2*1-9H;2H,1H3. The van der Waals surface area contributed by atoms with Gasteiger partial charge in [-0.15, -0.1) is 0 Å². The fourth-order valence-electron chi connectivity index (χ4n) is 5.76. The van der Waals surface area contributed by atoms with Gasteiger partial charge >= 0.3 is 0 Å². The summed E-state index contributed by atoms with van der Waals surface area (Å²) in [7, 11) is 1.00. The van der Waals surface area contributed by atoms with Gasteiger partial charge in [0.05, 0.1) is 20.6 Å². The van der Waals surface area contributed by atoms with Crippen molar-refractivity contribution < 1.29 is 15.0 Å². The van der Waals surface area contributed by atoms with E-state index in [1.54, 1.807) is 12.1 Å². The Hall–Kier alpha value is -5.40. The third-order valence-corrected chi connectivity index (χ3v) is 7.40. The van der Waals surface area contributed by atoms with Gasteiger partial charge in [-0.1, -0.05) is 72.8 Å². The highest BCUT2D eigenvalue weighted by molar-refractivity contribution is 6.25. The van der Waals surface area contributed by atoms with Crippen molar-refractivity contribution in [3.8, 4) is 0 Å². The Bertz CT molecular complexity index is 2020. The Kier molecular flexibility index (Phi) is 6.06. The molecule has 8 aromatic carbocycles. The van der Waals surface area contributed by atoms with Crippen molar-refractivity contribution in [3.63, 3.8) is 0 Å². The van der Waals surface area contributed by atoms with Crippen molar-refractivity contribution >= 4 is 76.0 Å². The molecular formula is C33H22N2O5. The van der Waals surface area contributed by atoms with Gasteiger partial charge in [-0.2, -0.15) is 0 Å². The van der Waals surface area contributed by atoms with Crippen LogP contribution in [0.1, 0.15) is 0 Å². The Balaban J connectivity index is 0.000000136. The molecule has 0 fully saturated rings. The number of aliphatic hydroxyl groups excluding tert-OH is 1. The van der Waals surface area contributed by atoms with Crippen LogP contribution in [0.2, 0.25) is 0 Å². The van der Waals surface area contributed by atoms with Crippen LogP contribution in [0.15, 0.2) is 109 Å². The van der Waals surface area contributed by atoms with Crippen LogP contribution < -0.4 is 0 Å². The first-order chi connectivity index (χ1) is 19.5. The van der Waals surface area contributed by atoms with Crippen molar-refractivity contribution in [2.45, 2.75) is 0 Å². The van der Waals surface area contributed by atoms with E-state index < -0.39 is 0 Å². The number of nitro benzene ring substituents is 2. The minimum Gasteiger partial charge on any atom is -0.400 e. The maximum atomic E-state index is 11.2. The van der Waals surface area contributed by atoms with Crippen LogP contribution >= 0.6 is 0 Å². The molecule has 8 aromatic rings. The van der Waals surface area contributed by atoms with Gasteiger partial charge in [0.1, 0.15) is 0 Å². The predicted octanol–water partition coefficient (Wildman–Crippen LogP) is 8.59. The van der Waals surface area contributed by atoms with Crippen molar-refractivity contribution in [2.24, 2.45) is 0 Å². The maximum absolute atomic E-state index is 11.2. The van der Waals surface area contributed by atoms with Gasteiger partial charge in [0.15, 0.2) is 0 Å². The van der Waals surface area contributed by atoms with E-state index in [1.165, 1.54) is 0 Å². The molecule has 0 radical (unpaired) electrons. The molecule has 40 heavy (non-hydrogen) atoms.